The molecule has 0 spiro atoms. The Morgan fingerprint density at radius 3 is 2.71 bits per heavy atom. The summed E-state index contributed by atoms with van der Waals surface area (Å²) in [4.78, 5) is 34.0. The highest BCUT2D eigenvalue weighted by molar-refractivity contribution is 6.01. The van der Waals surface area contributed by atoms with Crippen molar-refractivity contribution in [1.29, 1.82) is 5.26 Å². The van der Waals surface area contributed by atoms with Crippen molar-refractivity contribution in [2.24, 2.45) is 7.05 Å². The van der Waals surface area contributed by atoms with Gasteiger partial charge in [-0.25, -0.2) is 14.8 Å². The zero-order valence-electron chi connectivity index (χ0n) is 17.6. The summed E-state index contributed by atoms with van der Waals surface area (Å²) in [7, 11) is 3.32. The molecule has 0 unspecified atom stereocenters. The molecule has 3 heterocycles. The quantitative estimate of drug-likeness (QED) is 0.589. The van der Waals surface area contributed by atoms with Crippen LogP contribution in [-0.2, 0) is 7.05 Å². The molecule has 0 saturated carbocycles. The maximum Gasteiger partial charge on any atom is 0.328 e. The number of anilines is 3. The second-order valence-electron chi connectivity index (χ2n) is 7.14. The predicted molar refractivity (Wildman–Crippen MR) is 117 cm³/mol. The number of nitrogens with zero attached hydrogens (tertiary/aromatic N) is 6. The zero-order valence-corrected chi connectivity index (χ0v) is 17.6. The van der Waals surface area contributed by atoms with E-state index in [2.05, 4.69) is 31.8 Å². The third-order valence-corrected chi connectivity index (χ3v) is 4.39. The minimum absolute atomic E-state index is 0.102. The Bertz CT molecular complexity index is 1160. The fourth-order valence-electron chi connectivity index (χ4n) is 2.89. The molecule has 0 aliphatic carbocycles. The topological polar surface area (TPSA) is 129 Å². The van der Waals surface area contributed by atoms with Crippen molar-refractivity contribution >= 4 is 29.6 Å². The van der Waals surface area contributed by atoms with Crippen LogP contribution in [0.25, 0.3) is 11.1 Å². The minimum Gasteiger partial charge on any atom is -0.382 e. The van der Waals surface area contributed by atoms with E-state index in [1.54, 1.807) is 42.3 Å². The van der Waals surface area contributed by atoms with Gasteiger partial charge in [-0.3, -0.25) is 19.7 Å². The van der Waals surface area contributed by atoms with Gasteiger partial charge in [-0.1, -0.05) is 0 Å². The van der Waals surface area contributed by atoms with Gasteiger partial charge < -0.3 is 5.32 Å². The van der Waals surface area contributed by atoms with Crippen LogP contribution in [0, 0.1) is 11.3 Å². The summed E-state index contributed by atoms with van der Waals surface area (Å²) in [5, 5.41) is 19.2. The average Bonchev–Trinajstić information content (AvgIpc) is 3.18. The molecule has 158 valence electrons. The van der Waals surface area contributed by atoms with Gasteiger partial charge in [-0.05, 0) is 26.0 Å². The van der Waals surface area contributed by atoms with Gasteiger partial charge in [0.25, 0.3) is 0 Å². The van der Waals surface area contributed by atoms with Crippen molar-refractivity contribution in [3.63, 3.8) is 0 Å². The lowest BCUT2D eigenvalue weighted by molar-refractivity contribution is 0.111. The SMILES string of the molecule is CC(C)Nc1cc(NC(=O)N(C)c2ccc(-c3cnn(C)c3)c(C=O)n2)ncc1C#N. The maximum atomic E-state index is 12.7. The van der Waals surface area contributed by atoms with E-state index in [4.69, 9.17) is 0 Å². The first kappa shape index (κ1) is 21.4. The molecule has 0 aliphatic rings. The van der Waals surface area contributed by atoms with Gasteiger partial charge in [-0.2, -0.15) is 10.4 Å². The first-order valence-corrected chi connectivity index (χ1v) is 9.49. The van der Waals surface area contributed by atoms with Crippen LogP contribution in [0.5, 0.6) is 0 Å². The van der Waals surface area contributed by atoms with Crippen LogP contribution in [0.4, 0.5) is 22.1 Å². The Balaban J connectivity index is 1.82. The van der Waals surface area contributed by atoms with Crippen LogP contribution in [-0.4, -0.2) is 45.2 Å². The molecule has 10 heteroatoms. The molecule has 0 aromatic carbocycles. The summed E-state index contributed by atoms with van der Waals surface area (Å²) < 4.78 is 1.63. The van der Waals surface area contributed by atoms with E-state index in [0.717, 1.165) is 5.56 Å². The number of urea groups is 1. The number of carbonyl (C=O) groups is 2. The lowest BCUT2D eigenvalue weighted by atomic mass is 10.1. The molecule has 0 aliphatic heterocycles. The summed E-state index contributed by atoms with van der Waals surface area (Å²) in [6.45, 7) is 3.89. The van der Waals surface area contributed by atoms with Crippen molar-refractivity contribution in [2.45, 2.75) is 19.9 Å². The summed E-state index contributed by atoms with van der Waals surface area (Å²) in [6.07, 6.45) is 5.45. The maximum absolute atomic E-state index is 12.7. The molecule has 3 rings (SSSR count). The monoisotopic (exact) mass is 418 g/mol. The third kappa shape index (κ3) is 4.84. The lowest BCUT2D eigenvalue weighted by Gasteiger charge is -2.18. The Hall–Kier alpha value is -4.26. The van der Waals surface area contributed by atoms with E-state index in [1.165, 1.54) is 18.1 Å². The molecular formula is C21H22N8O2. The minimum atomic E-state index is -0.494. The standard InChI is InChI=1S/C21H22N8O2/c1-13(2)25-17-7-19(23-9-14(17)8-22)27-21(31)29(4)20-6-5-16(18(12-30)26-20)15-10-24-28(3)11-15/h5-7,9-13H,1-4H3,(H2,23,25,27,31). The summed E-state index contributed by atoms with van der Waals surface area (Å²) in [5.74, 6) is 0.572. The number of amides is 2. The number of aryl methyl sites for hydroxylation is 1. The second-order valence-corrected chi connectivity index (χ2v) is 7.14. The lowest BCUT2D eigenvalue weighted by Crippen LogP contribution is -2.32. The van der Waals surface area contributed by atoms with E-state index in [0.29, 0.717) is 28.9 Å². The molecule has 0 bridgehead atoms. The molecule has 2 N–H and O–H groups in total. The molecule has 0 radical (unpaired) electrons. The molecule has 31 heavy (non-hydrogen) atoms. The predicted octanol–water partition coefficient (Wildman–Crippen LogP) is 3.05. The Morgan fingerprint density at radius 1 is 1.32 bits per heavy atom. The van der Waals surface area contributed by atoms with Gasteiger partial charge in [0.05, 0.1) is 17.4 Å². The summed E-state index contributed by atoms with van der Waals surface area (Å²) >= 11 is 0. The molecule has 0 saturated heterocycles. The largest absolute Gasteiger partial charge is 0.382 e. The number of hydrogen-bond donors (Lipinski definition) is 2. The highest BCUT2D eigenvalue weighted by Crippen LogP contribution is 2.24. The fraction of sp³-hybridized carbons (Fsp3) is 0.238. The van der Waals surface area contributed by atoms with Crippen molar-refractivity contribution in [3.05, 3.63) is 48.0 Å². The molecule has 2 amide bonds. The number of aromatic nitrogens is 4. The first-order chi connectivity index (χ1) is 14.8. The van der Waals surface area contributed by atoms with Crippen LogP contribution >= 0.6 is 0 Å². The van der Waals surface area contributed by atoms with Gasteiger partial charge >= 0.3 is 6.03 Å². The van der Waals surface area contributed by atoms with E-state index < -0.39 is 6.03 Å². The summed E-state index contributed by atoms with van der Waals surface area (Å²) in [6, 6.07) is 6.64. The van der Waals surface area contributed by atoms with E-state index in [-0.39, 0.29) is 17.6 Å². The van der Waals surface area contributed by atoms with Crippen LogP contribution in [0.1, 0.15) is 29.9 Å². The number of aldehydes is 1. The van der Waals surface area contributed by atoms with Crippen molar-refractivity contribution in [3.8, 4) is 17.2 Å². The normalized spacial score (nSPS) is 10.5. The fourth-order valence-corrected chi connectivity index (χ4v) is 2.89. The van der Waals surface area contributed by atoms with Gasteiger partial charge in [0, 0.05) is 49.7 Å². The van der Waals surface area contributed by atoms with Crippen LogP contribution in [0.15, 0.2) is 36.8 Å². The molecule has 3 aromatic rings. The van der Waals surface area contributed by atoms with Gasteiger partial charge in [0.15, 0.2) is 6.29 Å². The highest BCUT2D eigenvalue weighted by atomic mass is 16.2. The van der Waals surface area contributed by atoms with Crippen LogP contribution < -0.4 is 15.5 Å². The smallest absolute Gasteiger partial charge is 0.328 e. The van der Waals surface area contributed by atoms with Gasteiger partial charge in [-0.15, -0.1) is 0 Å². The summed E-state index contributed by atoms with van der Waals surface area (Å²) in [5.41, 5.74) is 2.53. The van der Waals surface area contributed by atoms with Crippen molar-refractivity contribution in [2.75, 3.05) is 22.6 Å². The number of carbonyl (C=O) groups excluding carboxylic acids is 2. The number of nitriles is 1. The zero-order chi connectivity index (χ0) is 22.5. The van der Waals surface area contributed by atoms with Gasteiger partial charge in [0.1, 0.15) is 23.4 Å². The molecule has 0 fully saturated rings. The Labute approximate surface area is 179 Å². The number of rotatable bonds is 6. The number of nitrogens with one attached hydrogen (secondary N) is 2. The van der Waals surface area contributed by atoms with E-state index >= 15 is 0 Å². The van der Waals surface area contributed by atoms with Crippen LogP contribution in [0.2, 0.25) is 0 Å². The number of hydrogen-bond acceptors (Lipinski definition) is 7. The van der Waals surface area contributed by atoms with Crippen LogP contribution in [0.3, 0.4) is 0 Å². The van der Waals surface area contributed by atoms with E-state index in [9.17, 15) is 14.9 Å². The third-order valence-electron chi connectivity index (χ3n) is 4.39. The molecule has 10 nitrogen and oxygen atoms in total. The second kappa shape index (κ2) is 9.04. The molecular weight excluding hydrogens is 396 g/mol. The first-order valence-electron chi connectivity index (χ1n) is 9.49. The Morgan fingerprint density at radius 2 is 2.10 bits per heavy atom. The average molecular weight is 418 g/mol. The van der Waals surface area contributed by atoms with Crippen molar-refractivity contribution in [1.82, 2.24) is 19.7 Å². The highest BCUT2D eigenvalue weighted by Gasteiger charge is 2.17. The molecule has 3 aromatic heterocycles. The van der Waals surface area contributed by atoms with Gasteiger partial charge in [0.2, 0.25) is 0 Å². The number of pyridine rings is 2. The Kier molecular flexibility index (Phi) is 6.26. The molecule has 0 atom stereocenters. The van der Waals surface area contributed by atoms with E-state index in [1.807, 2.05) is 13.8 Å². The van der Waals surface area contributed by atoms with Crippen molar-refractivity contribution < 1.29 is 9.59 Å².